The summed E-state index contributed by atoms with van der Waals surface area (Å²) in [5.74, 6) is 0.512. The summed E-state index contributed by atoms with van der Waals surface area (Å²) in [6, 6.07) is 17.2. The lowest BCUT2D eigenvalue weighted by molar-refractivity contribution is -0.127. The monoisotopic (exact) mass is 346 g/mol. The molecule has 0 unspecified atom stereocenters. The van der Waals surface area contributed by atoms with E-state index in [2.05, 4.69) is 22.3 Å². The summed E-state index contributed by atoms with van der Waals surface area (Å²) in [5, 5.41) is 3.54. The third-order valence-electron chi connectivity index (χ3n) is 3.66. The Morgan fingerprint density at radius 3 is 2.50 bits per heavy atom. The molecule has 1 atom stereocenters. The Morgan fingerprint density at radius 2 is 1.83 bits per heavy atom. The first-order chi connectivity index (χ1) is 11.6. The molecule has 24 heavy (non-hydrogen) atoms. The van der Waals surface area contributed by atoms with Crippen molar-refractivity contribution in [2.24, 2.45) is 0 Å². The van der Waals surface area contributed by atoms with Crippen molar-refractivity contribution in [2.45, 2.75) is 19.4 Å². The van der Waals surface area contributed by atoms with Crippen molar-refractivity contribution in [1.29, 1.82) is 0 Å². The number of carbonyl (C=O) groups is 1. The highest BCUT2D eigenvalue weighted by Gasteiger charge is 2.14. The number of carbonyl (C=O) groups excluding carboxylic acids is 1. The van der Waals surface area contributed by atoms with Crippen molar-refractivity contribution in [3.63, 3.8) is 0 Å². The number of nitrogens with one attached hydrogen (secondary N) is 1. The molecule has 0 fully saturated rings. The third-order valence-corrected chi connectivity index (χ3v) is 3.91. The molecule has 128 valence electrons. The fraction of sp³-hybridized carbons (Fsp3) is 0.316. The number of halogens is 1. The highest BCUT2D eigenvalue weighted by Crippen LogP contribution is 2.16. The minimum Gasteiger partial charge on any atom is -0.481 e. The van der Waals surface area contributed by atoms with Gasteiger partial charge in [-0.3, -0.25) is 4.79 Å². The van der Waals surface area contributed by atoms with E-state index in [0.29, 0.717) is 17.3 Å². The van der Waals surface area contributed by atoms with Crippen LogP contribution in [0.3, 0.4) is 0 Å². The van der Waals surface area contributed by atoms with Crippen LogP contribution in [0.2, 0.25) is 5.02 Å². The van der Waals surface area contributed by atoms with Crippen LogP contribution < -0.4 is 15.0 Å². The fourth-order valence-electron chi connectivity index (χ4n) is 2.25. The van der Waals surface area contributed by atoms with Crippen molar-refractivity contribution < 1.29 is 9.53 Å². The molecule has 4 nitrogen and oxygen atoms in total. The van der Waals surface area contributed by atoms with E-state index in [1.807, 2.05) is 25.2 Å². The summed E-state index contributed by atoms with van der Waals surface area (Å²) in [6.07, 6.45) is 0.322. The van der Waals surface area contributed by atoms with Gasteiger partial charge in [0.05, 0.1) is 0 Å². The molecule has 2 aromatic carbocycles. The first-order valence-electron chi connectivity index (χ1n) is 8.02. The summed E-state index contributed by atoms with van der Waals surface area (Å²) in [7, 11) is 2.05. The molecule has 2 aromatic rings. The second-order valence-electron chi connectivity index (χ2n) is 5.62. The number of hydrogen-bond donors (Lipinski definition) is 1. The molecule has 0 saturated carbocycles. The Kier molecular flexibility index (Phi) is 6.94. The van der Waals surface area contributed by atoms with Crippen LogP contribution in [0.25, 0.3) is 0 Å². The Bertz CT molecular complexity index is 632. The van der Waals surface area contributed by atoms with Crippen LogP contribution in [0.1, 0.15) is 13.3 Å². The van der Waals surface area contributed by atoms with E-state index in [4.69, 9.17) is 16.3 Å². The van der Waals surface area contributed by atoms with Crippen LogP contribution in [0.4, 0.5) is 5.69 Å². The second-order valence-corrected chi connectivity index (χ2v) is 6.05. The molecule has 0 aliphatic rings. The van der Waals surface area contributed by atoms with Gasteiger partial charge in [-0.1, -0.05) is 29.8 Å². The van der Waals surface area contributed by atoms with Gasteiger partial charge in [0.1, 0.15) is 5.75 Å². The number of nitrogens with zero attached hydrogens (tertiary/aromatic N) is 1. The van der Waals surface area contributed by atoms with Crippen molar-refractivity contribution in [3.05, 3.63) is 59.6 Å². The van der Waals surface area contributed by atoms with Gasteiger partial charge >= 0.3 is 0 Å². The quantitative estimate of drug-likeness (QED) is 0.740. The number of amides is 1. The summed E-state index contributed by atoms with van der Waals surface area (Å²) >= 11 is 5.83. The van der Waals surface area contributed by atoms with Gasteiger partial charge in [-0.25, -0.2) is 0 Å². The molecule has 0 aliphatic heterocycles. The van der Waals surface area contributed by atoms with Gasteiger partial charge in [0.25, 0.3) is 5.91 Å². The van der Waals surface area contributed by atoms with Crippen LogP contribution in [0.5, 0.6) is 5.75 Å². The zero-order valence-electron chi connectivity index (χ0n) is 14.0. The molecule has 0 aromatic heterocycles. The number of benzene rings is 2. The number of ether oxygens (including phenoxy) is 1. The predicted molar refractivity (Wildman–Crippen MR) is 98.9 cm³/mol. The normalized spacial score (nSPS) is 11.6. The lowest BCUT2D eigenvalue weighted by atomic mass is 10.3. The summed E-state index contributed by atoms with van der Waals surface area (Å²) in [6.45, 7) is 3.22. The van der Waals surface area contributed by atoms with E-state index in [0.717, 1.165) is 13.0 Å². The van der Waals surface area contributed by atoms with E-state index in [9.17, 15) is 4.79 Å². The van der Waals surface area contributed by atoms with E-state index in [1.54, 1.807) is 31.2 Å². The minimum atomic E-state index is -0.543. The summed E-state index contributed by atoms with van der Waals surface area (Å²) in [4.78, 5) is 14.2. The molecular formula is C19H23ClN2O2. The predicted octanol–water partition coefficient (Wildman–Crippen LogP) is 3.75. The van der Waals surface area contributed by atoms with Crippen LogP contribution in [-0.2, 0) is 4.79 Å². The van der Waals surface area contributed by atoms with Crippen LogP contribution >= 0.6 is 11.6 Å². The molecule has 0 spiro atoms. The molecule has 0 radical (unpaired) electrons. The van der Waals surface area contributed by atoms with Gasteiger partial charge in [-0.2, -0.15) is 0 Å². The van der Waals surface area contributed by atoms with Crippen LogP contribution in [-0.4, -0.2) is 32.1 Å². The maximum Gasteiger partial charge on any atom is 0.260 e. The molecule has 2 rings (SSSR count). The van der Waals surface area contributed by atoms with Crippen molar-refractivity contribution >= 4 is 23.2 Å². The third kappa shape index (κ3) is 5.78. The van der Waals surface area contributed by atoms with Gasteiger partial charge in [-0.15, -0.1) is 0 Å². The Morgan fingerprint density at radius 1 is 1.17 bits per heavy atom. The Labute approximate surface area is 148 Å². The Hall–Kier alpha value is -2.20. The van der Waals surface area contributed by atoms with Crippen molar-refractivity contribution in [3.8, 4) is 5.75 Å². The highest BCUT2D eigenvalue weighted by molar-refractivity contribution is 6.30. The van der Waals surface area contributed by atoms with Crippen molar-refractivity contribution in [2.75, 3.05) is 25.0 Å². The first-order valence-corrected chi connectivity index (χ1v) is 8.40. The van der Waals surface area contributed by atoms with E-state index in [-0.39, 0.29) is 5.91 Å². The molecule has 0 heterocycles. The number of para-hydroxylation sites is 1. The SMILES string of the molecule is C[C@@H](Oc1ccc(Cl)cc1)C(=O)NCCCN(C)c1ccccc1. The highest BCUT2D eigenvalue weighted by atomic mass is 35.5. The minimum absolute atomic E-state index is 0.118. The average Bonchev–Trinajstić information content (AvgIpc) is 2.61. The van der Waals surface area contributed by atoms with E-state index in [1.165, 1.54) is 5.69 Å². The van der Waals surface area contributed by atoms with E-state index >= 15 is 0 Å². The molecule has 0 aliphatic carbocycles. The van der Waals surface area contributed by atoms with Gasteiger partial charge < -0.3 is 15.0 Å². The first kappa shape index (κ1) is 18.1. The molecular weight excluding hydrogens is 324 g/mol. The van der Waals surface area contributed by atoms with Gasteiger partial charge in [-0.05, 0) is 49.7 Å². The second kappa shape index (κ2) is 9.18. The molecule has 1 amide bonds. The summed E-state index contributed by atoms with van der Waals surface area (Å²) < 4.78 is 5.60. The zero-order valence-corrected chi connectivity index (χ0v) is 14.8. The Balaban J connectivity index is 1.68. The van der Waals surface area contributed by atoms with Crippen molar-refractivity contribution in [1.82, 2.24) is 5.32 Å². The van der Waals surface area contributed by atoms with E-state index < -0.39 is 6.10 Å². The zero-order chi connectivity index (χ0) is 17.4. The van der Waals surface area contributed by atoms with Crippen LogP contribution in [0, 0.1) is 0 Å². The summed E-state index contributed by atoms with van der Waals surface area (Å²) in [5.41, 5.74) is 1.17. The number of anilines is 1. The van der Waals surface area contributed by atoms with Gasteiger partial charge in [0.15, 0.2) is 6.10 Å². The van der Waals surface area contributed by atoms with Gasteiger partial charge in [0.2, 0.25) is 0 Å². The fourth-order valence-corrected chi connectivity index (χ4v) is 2.38. The number of hydrogen-bond acceptors (Lipinski definition) is 3. The maximum atomic E-state index is 12.1. The molecule has 0 saturated heterocycles. The molecule has 0 bridgehead atoms. The lowest BCUT2D eigenvalue weighted by Gasteiger charge is -2.19. The average molecular weight is 347 g/mol. The lowest BCUT2D eigenvalue weighted by Crippen LogP contribution is -2.37. The topological polar surface area (TPSA) is 41.6 Å². The number of rotatable bonds is 8. The largest absolute Gasteiger partial charge is 0.481 e. The standard InChI is InChI=1S/C19H23ClN2O2/c1-15(24-18-11-9-16(20)10-12-18)19(23)21-13-6-14-22(2)17-7-4-3-5-8-17/h3-5,7-12,15H,6,13-14H2,1-2H3,(H,21,23)/t15-/m1/s1. The van der Waals surface area contributed by atoms with Crippen LogP contribution in [0.15, 0.2) is 54.6 Å². The molecule has 1 N–H and O–H groups in total. The van der Waals surface area contributed by atoms with Gasteiger partial charge in [0, 0.05) is 30.8 Å². The smallest absolute Gasteiger partial charge is 0.260 e. The molecule has 5 heteroatoms. The maximum absolute atomic E-state index is 12.1.